The Bertz CT molecular complexity index is 161. The van der Waals surface area contributed by atoms with Gasteiger partial charge in [-0.3, -0.25) is 0 Å². The molecule has 0 N–H and O–H groups in total. The second-order valence-corrected chi connectivity index (χ2v) is 2.83. The predicted octanol–water partition coefficient (Wildman–Crippen LogP) is 2.59. The Kier molecular flexibility index (Phi) is 5.05. The highest BCUT2D eigenvalue weighted by atomic mass is 35.5. The van der Waals surface area contributed by atoms with Crippen LogP contribution in [0.4, 0.5) is 0 Å². The summed E-state index contributed by atoms with van der Waals surface area (Å²) < 4.78 is 0. The molecule has 1 nitrogen and oxygen atoms in total. The van der Waals surface area contributed by atoms with Crippen molar-refractivity contribution >= 4 is 12.4 Å². The molecule has 0 radical (unpaired) electrons. The van der Waals surface area contributed by atoms with Crippen molar-refractivity contribution in [2.45, 2.75) is 19.8 Å². The maximum Gasteiger partial charge on any atom is 0.0383 e. The Hall–Kier alpha value is -0.430. The van der Waals surface area contributed by atoms with Crippen molar-refractivity contribution in [3.05, 3.63) is 23.9 Å². The van der Waals surface area contributed by atoms with Gasteiger partial charge in [-0.25, -0.2) is 0 Å². The van der Waals surface area contributed by atoms with E-state index in [2.05, 4.69) is 37.2 Å². The summed E-state index contributed by atoms with van der Waals surface area (Å²) in [6.45, 7) is 3.34. The fourth-order valence-electron chi connectivity index (χ4n) is 1.24. The minimum atomic E-state index is 0. The molecule has 64 valence electrons. The molecule has 0 fully saturated rings. The SMILES string of the molecule is CCCC1=CC=CN(C)C1.Cl. The van der Waals surface area contributed by atoms with Gasteiger partial charge in [0, 0.05) is 13.6 Å². The number of allylic oxidation sites excluding steroid dienone is 2. The summed E-state index contributed by atoms with van der Waals surface area (Å²) in [5, 5.41) is 0. The van der Waals surface area contributed by atoms with Crippen LogP contribution in [0.1, 0.15) is 19.8 Å². The minimum absolute atomic E-state index is 0. The van der Waals surface area contributed by atoms with Crippen LogP contribution >= 0.6 is 12.4 Å². The van der Waals surface area contributed by atoms with Gasteiger partial charge in [-0.1, -0.05) is 25.0 Å². The van der Waals surface area contributed by atoms with E-state index in [1.54, 1.807) is 5.57 Å². The van der Waals surface area contributed by atoms with Crippen LogP contribution in [0.5, 0.6) is 0 Å². The third-order valence-corrected chi connectivity index (χ3v) is 1.70. The first-order valence-corrected chi connectivity index (χ1v) is 3.89. The first-order valence-electron chi connectivity index (χ1n) is 3.89. The van der Waals surface area contributed by atoms with Gasteiger partial charge in [-0.15, -0.1) is 12.4 Å². The highest BCUT2D eigenvalue weighted by Crippen LogP contribution is 2.10. The van der Waals surface area contributed by atoms with Crippen molar-refractivity contribution in [1.82, 2.24) is 4.90 Å². The fraction of sp³-hybridized carbons (Fsp3) is 0.556. The maximum atomic E-state index is 2.23. The van der Waals surface area contributed by atoms with E-state index in [0.717, 1.165) is 6.54 Å². The molecule has 0 aromatic rings. The third-order valence-electron chi connectivity index (χ3n) is 1.70. The molecular weight excluding hydrogens is 158 g/mol. The summed E-state index contributed by atoms with van der Waals surface area (Å²) in [4.78, 5) is 2.21. The van der Waals surface area contributed by atoms with Crippen LogP contribution in [-0.2, 0) is 0 Å². The Balaban J connectivity index is 0.000001000. The van der Waals surface area contributed by atoms with Crippen LogP contribution in [0.15, 0.2) is 23.9 Å². The molecule has 2 heteroatoms. The van der Waals surface area contributed by atoms with E-state index in [9.17, 15) is 0 Å². The summed E-state index contributed by atoms with van der Waals surface area (Å²) in [5.41, 5.74) is 1.55. The number of hydrogen-bond donors (Lipinski definition) is 0. The van der Waals surface area contributed by atoms with Crippen LogP contribution in [-0.4, -0.2) is 18.5 Å². The molecular formula is C9H16ClN. The number of likely N-dealkylation sites (N-methyl/N-ethyl adjacent to an activating group) is 1. The zero-order valence-corrected chi connectivity index (χ0v) is 8.03. The lowest BCUT2D eigenvalue weighted by atomic mass is 10.1. The van der Waals surface area contributed by atoms with Crippen LogP contribution < -0.4 is 0 Å². The molecule has 11 heavy (non-hydrogen) atoms. The highest BCUT2D eigenvalue weighted by Gasteiger charge is 2.00. The molecule has 0 aromatic heterocycles. The number of hydrogen-bond acceptors (Lipinski definition) is 1. The molecule has 0 saturated carbocycles. The topological polar surface area (TPSA) is 3.24 Å². The van der Waals surface area contributed by atoms with Crippen molar-refractivity contribution in [3.63, 3.8) is 0 Å². The predicted molar refractivity (Wildman–Crippen MR) is 52.0 cm³/mol. The smallest absolute Gasteiger partial charge is 0.0383 e. The van der Waals surface area contributed by atoms with E-state index in [1.165, 1.54) is 12.8 Å². The van der Waals surface area contributed by atoms with Crippen LogP contribution in [0.25, 0.3) is 0 Å². The van der Waals surface area contributed by atoms with Gasteiger partial charge in [0.1, 0.15) is 0 Å². The molecule has 0 aliphatic carbocycles. The van der Waals surface area contributed by atoms with Crippen molar-refractivity contribution in [1.29, 1.82) is 0 Å². The van der Waals surface area contributed by atoms with E-state index in [-0.39, 0.29) is 12.4 Å². The molecule has 0 saturated heterocycles. The number of nitrogens with zero attached hydrogens (tertiary/aromatic N) is 1. The van der Waals surface area contributed by atoms with Gasteiger partial charge in [0.05, 0.1) is 0 Å². The summed E-state index contributed by atoms with van der Waals surface area (Å²) in [7, 11) is 2.11. The Morgan fingerprint density at radius 3 is 2.82 bits per heavy atom. The largest absolute Gasteiger partial charge is 0.376 e. The summed E-state index contributed by atoms with van der Waals surface area (Å²) in [5.74, 6) is 0. The average molecular weight is 174 g/mol. The molecule has 0 unspecified atom stereocenters. The Morgan fingerprint density at radius 2 is 2.27 bits per heavy atom. The standard InChI is InChI=1S/C9H15N.ClH/c1-3-5-9-6-4-7-10(2)8-9;/h4,6-7H,3,5,8H2,1-2H3;1H. The second kappa shape index (κ2) is 5.25. The van der Waals surface area contributed by atoms with E-state index < -0.39 is 0 Å². The zero-order valence-electron chi connectivity index (χ0n) is 7.21. The van der Waals surface area contributed by atoms with Crippen LogP contribution in [0.2, 0.25) is 0 Å². The first kappa shape index (κ1) is 10.6. The van der Waals surface area contributed by atoms with Crippen molar-refractivity contribution in [2.75, 3.05) is 13.6 Å². The Labute approximate surface area is 75.2 Å². The van der Waals surface area contributed by atoms with Gasteiger partial charge in [0.2, 0.25) is 0 Å². The molecule has 0 aromatic carbocycles. The van der Waals surface area contributed by atoms with Gasteiger partial charge in [-0.2, -0.15) is 0 Å². The zero-order chi connectivity index (χ0) is 7.40. The lowest BCUT2D eigenvalue weighted by Gasteiger charge is -2.19. The van der Waals surface area contributed by atoms with Gasteiger partial charge >= 0.3 is 0 Å². The minimum Gasteiger partial charge on any atom is -0.376 e. The van der Waals surface area contributed by atoms with Gasteiger partial charge in [0.25, 0.3) is 0 Å². The molecule has 1 rings (SSSR count). The highest BCUT2D eigenvalue weighted by molar-refractivity contribution is 5.85. The van der Waals surface area contributed by atoms with Gasteiger partial charge in [0.15, 0.2) is 0 Å². The lowest BCUT2D eigenvalue weighted by Crippen LogP contribution is -2.16. The summed E-state index contributed by atoms with van der Waals surface area (Å²) in [6.07, 6.45) is 8.96. The normalized spacial score (nSPS) is 15.8. The van der Waals surface area contributed by atoms with Crippen molar-refractivity contribution in [2.24, 2.45) is 0 Å². The van der Waals surface area contributed by atoms with Crippen LogP contribution in [0, 0.1) is 0 Å². The maximum absolute atomic E-state index is 2.23. The molecule has 0 bridgehead atoms. The quantitative estimate of drug-likeness (QED) is 0.621. The Morgan fingerprint density at radius 1 is 1.55 bits per heavy atom. The van der Waals surface area contributed by atoms with E-state index in [0.29, 0.717) is 0 Å². The van der Waals surface area contributed by atoms with E-state index >= 15 is 0 Å². The van der Waals surface area contributed by atoms with Gasteiger partial charge < -0.3 is 4.90 Å². The summed E-state index contributed by atoms with van der Waals surface area (Å²) in [6, 6.07) is 0. The van der Waals surface area contributed by atoms with Crippen LogP contribution in [0.3, 0.4) is 0 Å². The monoisotopic (exact) mass is 173 g/mol. The second-order valence-electron chi connectivity index (χ2n) is 2.83. The molecule has 1 aliphatic rings. The van der Waals surface area contributed by atoms with Crippen molar-refractivity contribution < 1.29 is 0 Å². The molecule has 0 spiro atoms. The fourth-order valence-corrected chi connectivity index (χ4v) is 1.24. The molecule has 1 aliphatic heterocycles. The number of halogens is 1. The average Bonchev–Trinajstić information content (AvgIpc) is 1.88. The molecule has 1 heterocycles. The molecule has 0 atom stereocenters. The van der Waals surface area contributed by atoms with Crippen molar-refractivity contribution in [3.8, 4) is 0 Å². The third kappa shape index (κ3) is 3.47. The number of rotatable bonds is 2. The first-order chi connectivity index (χ1) is 4.83. The molecule has 0 amide bonds. The lowest BCUT2D eigenvalue weighted by molar-refractivity contribution is 0.481. The van der Waals surface area contributed by atoms with E-state index in [4.69, 9.17) is 0 Å². The van der Waals surface area contributed by atoms with E-state index in [1.807, 2.05) is 0 Å². The summed E-state index contributed by atoms with van der Waals surface area (Å²) >= 11 is 0. The van der Waals surface area contributed by atoms with Gasteiger partial charge in [-0.05, 0) is 18.7 Å².